The number of thiocarbonyl (C=S) groups is 1. The number of hydrogen-bond donors (Lipinski definition) is 2. The summed E-state index contributed by atoms with van der Waals surface area (Å²) in [6.45, 7) is 6.52. The van der Waals surface area contributed by atoms with Crippen LogP contribution in [-0.4, -0.2) is 25.7 Å². The van der Waals surface area contributed by atoms with E-state index in [2.05, 4.69) is 16.9 Å². The van der Waals surface area contributed by atoms with Gasteiger partial charge in [0.25, 0.3) is 0 Å². The Kier molecular flexibility index (Phi) is 5.54. The predicted octanol–water partition coefficient (Wildman–Crippen LogP) is 0.484. The molecule has 0 saturated heterocycles. The van der Waals surface area contributed by atoms with E-state index in [1.165, 1.54) is 0 Å². The summed E-state index contributed by atoms with van der Waals surface area (Å²) in [6.07, 6.45) is 0. The zero-order valence-corrected chi connectivity index (χ0v) is 10.4. The molecule has 0 aromatic rings. The first-order chi connectivity index (χ1) is 6.24. The van der Waals surface area contributed by atoms with Crippen molar-refractivity contribution in [3.8, 4) is 0 Å². The maximum absolute atomic E-state index is 11.3. The highest BCUT2D eigenvalue weighted by Gasteiger charge is 2.14. The highest BCUT2D eigenvalue weighted by molar-refractivity contribution is 7.92. The SMILES string of the molecule is CC(C)C(C)CNS(=O)(=O)CC(N)=S. The van der Waals surface area contributed by atoms with Gasteiger partial charge in [0, 0.05) is 6.54 Å². The Morgan fingerprint density at radius 2 is 1.93 bits per heavy atom. The van der Waals surface area contributed by atoms with Crippen molar-refractivity contribution in [3.63, 3.8) is 0 Å². The van der Waals surface area contributed by atoms with E-state index in [9.17, 15) is 8.42 Å². The first-order valence-corrected chi connectivity index (χ1v) is 6.56. The smallest absolute Gasteiger partial charge is 0.218 e. The third kappa shape index (κ3) is 6.28. The fraction of sp³-hybridized carbons (Fsp3) is 0.875. The van der Waals surface area contributed by atoms with Gasteiger partial charge < -0.3 is 5.73 Å². The number of hydrogen-bond acceptors (Lipinski definition) is 3. The molecule has 1 unspecified atom stereocenters. The lowest BCUT2D eigenvalue weighted by Crippen LogP contribution is -2.35. The first-order valence-electron chi connectivity index (χ1n) is 4.50. The Labute approximate surface area is 91.3 Å². The molecule has 0 amide bonds. The van der Waals surface area contributed by atoms with Gasteiger partial charge in [0.1, 0.15) is 5.75 Å². The molecule has 0 aliphatic carbocycles. The molecule has 4 nitrogen and oxygen atoms in total. The Morgan fingerprint density at radius 3 is 2.29 bits per heavy atom. The highest BCUT2D eigenvalue weighted by Crippen LogP contribution is 2.07. The maximum Gasteiger partial charge on any atom is 0.218 e. The van der Waals surface area contributed by atoms with Crippen LogP contribution in [0.25, 0.3) is 0 Å². The largest absolute Gasteiger partial charge is 0.392 e. The summed E-state index contributed by atoms with van der Waals surface area (Å²) in [7, 11) is -3.33. The highest BCUT2D eigenvalue weighted by atomic mass is 32.2. The third-order valence-electron chi connectivity index (χ3n) is 2.10. The van der Waals surface area contributed by atoms with E-state index in [1.807, 2.05) is 20.8 Å². The van der Waals surface area contributed by atoms with Crippen LogP contribution in [0.5, 0.6) is 0 Å². The summed E-state index contributed by atoms with van der Waals surface area (Å²) in [5.41, 5.74) is 5.16. The van der Waals surface area contributed by atoms with Gasteiger partial charge in [0.05, 0.1) is 4.99 Å². The summed E-state index contributed by atoms with van der Waals surface area (Å²) in [5.74, 6) is 0.478. The van der Waals surface area contributed by atoms with Crippen LogP contribution in [0.1, 0.15) is 20.8 Å². The molecule has 0 fully saturated rings. The normalized spacial score (nSPS) is 14.3. The second-order valence-corrected chi connectivity index (χ2v) is 6.13. The molecule has 3 N–H and O–H groups in total. The van der Waals surface area contributed by atoms with E-state index in [0.717, 1.165) is 0 Å². The molecule has 84 valence electrons. The van der Waals surface area contributed by atoms with Crippen molar-refractivity contribution in [2.24, 2.45) is 17.6 Å². The lowest BCUT2D eigenvalue weighted by atomic mass is 9.99. The Hall–Kier alpha value is -0.200. The molecule has 0 heterocycles. The Balaban J connectivity index is 4.06. The summed E-state index contributed by atoms with van der Waals surface area (Å²) in [5, 5.41) is 0. The minimum Gasteiger partial charge on any atom is -0.392 e. The van der Waals surface area contributed by atoms with E-state index in [1.54, 1.807) is 0 Å². The summed E-state index contributed by atoms with van der Waals surface area (Å²) < 4.78 is 25.1. The molecule has 0 aliphatic rings. The maximum atomic E-state index is 11.3. The van der Waals surface area contributed by atoms with Gasteiger partial charge in [-0.3, -0.25) is 0 Å². The Morgan fingerprint density at radius 1 is 1.43 bits per heavy atom. The van der Waals surface area contributed by atoms with Gasteiger partial charge in [-0.1, -0.05) is 33.0 Å². The Bertz CT molecular complexity index is 286. The third-order valence-corrected chi connectivity index (χ3v) is 3.72. The van der Waals surface area contributed by atoms with Crippen LogP contribution in [0.4, 0.5) is 0 Å². The van der Waals surface area contributed by atoms with Crippen LogP contribution in [0.2, 0.25) is 0 Å². The molecule has 0 saturated carbocycles. The average Bonchev–Trinajstić information content (AvgIpc) is 1.97. The standard InChI is InChI=1S/C8H18N2O2S2/c1-6(2)7(3)4-10-14(11,12)5-8(9)13/h6-7,10H,4-5H2,1-3H3,(H2,9,13). The molecule has 0 spiro atoms. The van der Waals surface area contributed by atoms with Gasteiger partial charge >= 0.3 is 0 Å². The molecule has 1 atom stereocenters. The van der Waals surface area contributed by atoms with Crippen LogP contribution < -0.4 is 10.5 Å². The molecule has 0 bridgehead atoms. The van der Waals surface area contributed by atoms with Gasteiger partial charge in [-0.25, -0.2) is 13.1 Å². The molecule has 0 aromatic heterocycles. The van der Waals surface area contributed by atoms with E-state index in [0.29, 0.717) is 18.4 Å². The van der Waals surface area contributed by atoms with Crippen molar-refractivity contribution < 1.29 is 8.42 Å². The fourth-order valence-corrected chi connectivity index (χ4v) is 2.19. The van der Waals surface area contributed by atoms with Gasteiger partial charge in [-0.2, -0.15) is 0 Å². The minimum absolute atomic E-state index is 0.00491. The minimum atomic E-state index is -3.33. The quantitative estimate of drug-likeness (QED) is 0.660. The molecule has 0 radical (unpaired) electrons. The van der Waals surface area contributed by atoms with Gasteiger partial charge in [0.2, 0.25) is 10.0 Å². The van der Waals surface area contributed by atoms with Gasteiger partial charge in [-0.05, 0) is 11.8 Å². The molecular weight excluding hydrogens is 220 g/mol. The molecule has 0 aromatic carbocycles. The number of nitrogens with one attached hydrogen (secondary N) is 1. The summed E-state index contributed by atoms with van der Waals surface area (Å²) in [4.78, 5) is -0.00491. The van der Waals surface area contributed by atoms with Crippen LogP contribution in [0.15, 0.2) is 0 Å². The number of nitrogens with two attached hydrogens (primary N) is 1. The van der Waals surface area contributed by atoms with E-state index >= 15 is 0 Å². The number of rotatable bonds is 6. The summed E-state index contributed by atoms with van der Waals surface area (Å²) >= 11 is 4.53. The second kappa shape index (κ2) is 5.63. The second-order valence-electron chi connectivity index (χ2n) is 3.80. The molecule has 0 rings (SSSR count). The monoisotopic (exact) mass is 238 g/mol. The van der Waals surface area contributed by atoms with Crippen molar-refractivity contribution in [3.05, 3.63) is 0 Å². The van der Waals surface area contributed by atoms with E-state index in [-0.39, 0.29) is 10.7 Å². The zero-order chi connectivity index (χ0) is 11.4. The van der Waals surface area contributed by atoms with Crippen molar-refractivity contribution in [2.45, 2.75) is 20.8 Å². The van der Waals surface area contributed by atoms with Crippen LogP contribution in [0, 0.1) is 11.8 Å². The van der Waals surface area contributed by atoms with Crippen LogP contribution in [-0.2, 0) is 10.0 Å². The van der Waals surface area contributed by atoms with Gasteiger partial charge in [-0.15, -0.1) is 0 Å². The van der Waals surface area contributed by atoms with Crippen molar-refractivity contribution >= 4 is 27.2 Å². The molecule has 0 aliphatic heterocycles. The molecule has 14 heavy (non-hydrogen) atoms. The fourth-order valence-electron chi connectivity index (χ4n) is 0.732. The van der Waals surface area contributed by atoms with Crippen molar-refractivity contribution in [1.29, 1.82) is 0 Å². The number of sulfonamides is 1. The van der Waals surface area contributed by atoms with Crippen LogP contribution in [0.3, 0.4) is 0 Å². The summed E-state index contributed by atoms with van der Waals surface area (Å²) in [6, 6.07) is 0. The first kappa shape index (κ1) is 13.8. The zero-order valence-electron chi connectivity index (χ0n) is 8.78. The van der Waals surface area contributed by atoms with Crippen LogP contribution >= 0.6 is 12.2 Å². The topological polar surface area (TPSA) is 72.2 Å². The molecule has 6 heteroatoms. The lowest BCUT2D eigenvalue weighted by Gasteiger charge is -2.15. The van der Waals surface area contributed by atoms with E-state index in [4.69, 9.17) is 5.73 Å². The van der Waals surface area contributed by atoms with Crippen molar-refractivity contribution in [2.75, 3.05) is 12.3 Å². The average molecular weight is 238 g/mol. The molecular formula is C8H18N2O2S2. The van der Waals surface area contributed by atoms with Crippen molar-refractivity contribution in [1.82, 2.24) is 4.72 Å². The lowest BCUT2D eigenvalue weighted by molar-refractivity contribution is 0.415. The van der Waals surface area contributed by atoms with E-state index < -0.39 is 10.0 Å². The predicted molar refractivity (Wildman–Crippen MR) is 62.6 cm³/mol. The van der Waals surface area contributed by atoms with Gasteiger partial charge in [0.15, 0.2) is 0 Å².